The molecule has 1 aliphatic rings. The first-order valence-electron chi connectivity index (χ1n) is 6.56. The molecule has 1 aliphatic heterocycles. The van der Waals surface area contributed by atoms with Crippen molar-refractivity contribution in [3.63, 3.8) is 0 Å². The summed E-state index contributed by atoms with van der Waals surface area (Å²) in [6.07, 6.45) is 8.16. The van der Waals surface area contributed by atoms with Crippen LogP contribution in [0.2, 0.25) is 0 Å². The minimum atomic E-state index is 1.08. The molecule has 0 amide bonds. The molecule has 2 aromatic rings. The summed E-state index contributed by atoms with van der Waals surface area (Å²) in [6, 6.07) is 6.27. The van der Waals surface area contributed by atoms with Gasteiger partial charge in [-0.2, -0.15) is 0 Å². The van der Waals surface area contributed by atoms with Crippen LogP contribution in [0.4, 0.5) is 0 Å². The Bertz CT molecular complexity index is 483. The zero-order valence-electron chi connectivity index (χ0n) is 10.2. The highest BCUT2D eigenvalue weighted by atomic mass is 15.1. The third kappa shape index (κ3) is 2.34. The van der Waals surface area contributed by atoms with Crippen LogP contribution in [0.3, 0.4) is 0 Å². The van der Waals surface area contributed by atoms with Crippen LogP contribution in [-0.4, -0.2) is 34.1 Å². The molecule has 0 atom stereocenters. The number of pyridine rings is 1. The second-order valence-electron chi connectivity index (χ2n) is 4.82. The Morgan fingerprint density at radius 1 is 1.06 bits per heavy atom. The number of hydrogen-bond acceptors (Lipinski definition) is 2. The molecule has 0 aromatic carbocycles. The lowest BCUT2D eigenvalue weighted by Crippen LogP contribution is -2.32. The molecule has 0 saturated carbocycles. The van der Waals surface area contributed by atoms with E-state index in [0.29, 0.717) is 0 Å². The van der Waals surface area contributed by atoms with E-state index in [1.165, 1.54) is 44.4 Å². The molecule has 3 heterocycles. The number of rotatable bonds is 3. The number of hydrogen-bond donors (Lipinski definition) is 0. The Kier molecular flexibility index (Phi) is 3.10. The Morgan fingerprint density at radius 3 is 2.82 bits per heavy atom. The summed E-state index contributed by atoms with van der Waals surface area (Å²) in [5.74, 6) is 0. The minimum absolute atomic E-state index is 1.08. The summed E-state index contributed by atoms with van der Waals surface area (Å²) < 4.78 is 2.32. The highest BCUT2D eigenvalue weighted by molar-refractivity contribution is 5.75. The molecule has 90 valence electrons. The first-order valence-corrected chi connectivity index (χ1v) is 6.56. The van der Waals surface area contributed by atoms with Crippen molar-refractivity contribution in [2.45, 2.75) is 25.8 Å². The van der Waals surface area contributed by atoms with E-state index >= 15 is 0 Å². The molecule has 0 bridgehead atoms. The molecule has 0 unspecified atom stereocenters. The zero-order valence-corrected chi connectivity index (χ0v) is 10.2. The number of nitrogens with zero attached hydrogens (tertiary/aromatic N) is 3. The molecule has 0 N–H and O–H groups in total. The summed E-state index contributed by atoms with van der Waals surface area (Å²) in [4.78, 5) is 6.94. The normalized spacial score (nSPS) is 17.6. The largest absolute Gasteiger partial charge is 0.345 e. The molecule has 0 spiro atoms. The Morgan fingerprint density at radius 2 is 1.94 bits per heavy atom. The lowest BCUT2D eigenvalue weighted by Gasteiger charge is -2.26. The zero-order chi connectivity index (χ0) is 11.5. The van der Waals surface area contributed by atoms with Gasteiger partial charge in [0, 0.05) is 25.5 Å². The van der Waals surface area contributed by atoms with Crippen LogP contribution in [0, 0.1) is 0 Å². The van der Waals surface area contributed by atoms with Gasteiger partial charge in [0.25, 0.3) is 0 Å². The summed E-state index contributed by atoms with van der Waals surface area (Å²) >= 11 is 0. The molecule has 3 heteroatoms. The predicted octanol–water partition coefficient (Wildman–Crippen LogP) is 2.52. The van der Waals surface area contributed by atoms with Gasteiger partial charge in [-0.05, 0) is 44.1 Å². The molecular weight excluding hydrogens is 210 g/mol. The average Bonchev–Trinajstić information content (AvgIpc) is 2.81. The van der Waals surface area contributed by atoms with Gasteiger partial charge in [-0.1, -0.05) is 6.42 Å². The third-order valence-corrected chi connectivity index (χ3v) is 3.64. The van der Waals surface area contributed by atoms with Crippen molar-refractivity contribution in [1.29, 1.82) is 0 Å². The van der Waals surface area contributed by atoms with Crippen molar-refractivity contribution in [3.8, 4) is 0 Å². The lowest BCUT2D eigenvalue weighted by molar-refractivity contribution is 0.221. The van der Waals surface area contributed by atoms with E-state index in [1.807, 2.05) is 12.3 Å². The molecule has 3 rings (SSSR count). The van der Waals surface area contributed by atoms with E-state index in [9.17, 15) is 0 Å². The molecule has 17 heavy (non-hydrogen) atoms. The van der Waals surface area contributed by atoms with Gasteiger partial charge in [0.15, 0.2) is 0 Å². The standard InChI is InChI=1S/C14H19N3/c1-2-8-16(9-3-1)11-12-17-10-6-13-14(17)5-4-7-15-13/h4-7,10H,1-3,8-9,11-12H2. The first-order chi connectivity index (χ1) is 8.43. The van der Waals surface area contributed by atoms with Crippen LogP contribution < -0.4 is 0 Å². The van der Waals surface area contributed by atoms with Crippen LogP contribution in [0.1, 0.15) is 19.3 Å². The van der Waals surface area contributed by atoms with Gasteiger partial charge in [-0.25, -0.2) is 0 Å². The summed E-state index contributed by atoms with van der Waals surface area (Å²) in [6.45, 7) is 4.79. The van der Waals surface area contributed by atoms with Crippen molar-refractivity contribution in [1.82, 2.24) is 14.5 Å². The fourth-order valence-electron chi connectivity index (χ4n) is 2.65. The maximum atomic E-state index is 4.36. The van der Waals surface area contributed by atoms with E-state index in [0.717, 1.165) is 12.1 Å². The Balaban J connectivity index is 1.68. The van der Waals surface area contributed by atoms with Gasteiger partial charge >= 0.3 is 0 Å². The maximum Gasteiger partial charge on any atom is 0.0880 e. The van der Waals surface area contributed by atoms with Crippen LogP contribution in [0.5, 0.6) is 0 Å². The first kappa shape index (κ1) is 10.8. The van der Waals surface area contributed by atoms with Crippen LogP contribution in [0.15, 0.2) is 30.6 Å². The topological polar surface area (TPSA) is 21.1 Å². The van der Waals surface area contributed by atoms with Gasteiger partial charge in [0.05, 0.1) is 11.0 Å². The van der Waals surface area contributed by atoms with Gasteiger partial charge in [-0.15, -0.1) is 0 Å². The molecule has 1 saturated heterocycles. The highest BCUT2D eigenvalue weighted by Gasteiger charge is 2.10. The fourth-order valence-corrected chi connectivity index (χ4v) is 2.65. The van der Waals surface area contributed by atoms with Gasteiger partial charge in [0.2, 0.25) is 0 Å². The monoisotopic (exact) mass is 229 g/mol. The Labute approximate surface area is 102 Å². The number of fused-ring (bicyclic) bond motifs is 1. The second kappa shape index (κ2) is 4.88. The van der Waals surface area contributed by atoms with Crippen molar-refractivity contribution >= 4 is 11.0 Å². The molecule has 0 radical (unpaired) electrons. The smallest absolute Gasteiger partial charge is 0.0880 e. The second-order valence-corrected chi connectivity index (χ2v) is 4.82. The highest BCUT2D eigenvalue weighted by Crippen LogP contribution is 2.13. The van der Waals surface area contributed by atoms with Crippen molar-refractivity contribution < 1.29 is 0 Å². The van der Waals surface area contributed by atoms with E-state index in [4.69, 9.17) is 0 Å². The average molecular weight is 229 g/mol. The number of likely N-dealkylation sites (tertiary alicyclic amines) is 1. The van der Waals surface area contributed by atoms with Gasteiger partial charge in [0.1, 0.15) is 0 Å². The quantitative estimate of drug-likeness (QED) is 0.806. The minimum Gasteiger partial charge on any atom is -0.345 e. The SMILES string of the molecule is c1cnc2ccn(CCN3CCCCC3)c2c1. The van der Waals surface area contributed by atoms with E-state index in [1.54, 1.807) is 0 Å². The fraction of sp³-hybridized carbons (Fsp3) is 0.500. The van der Waals surface area contributed by atoms with Crippen LogP contribution >= 0.6 is 0 Å². The number of aromatic nitrogens is 2. The summed E-state index contributed by atoms with van der Waals surface area (Å²) in [7, 11) is 0. The third-order valence-electron chi connectivity index (χ3n) is 3.64. The van der Waals surface area contributed by atoms with Crippen LogP contribution in [-0.2, 0) is 6.54 Å². The molecular formula is C14H19N3. The summed E-state index contributed by atoms with van der Waals surface area (Å²) in [5, 5.41) is 0. The van der Waals surface area contributed by atoms with E-state index in [-0.39, 0.29) is 0 Å². The predicted molar refractivity (Wildman–Crippen MR) is 70.0 cm³/mol. The van der Waals surface area contributed by atoms with Gasteiger partial charge in [-0.3, -0.25) is 4.98 Å². The molecule has 1 fully saturated rings. The molecule has 3 nitrogen and oxygen atoms in total. The van der Waals surface area contributed by atoms with Gasteiger partial charge < -0.3 is 9.47 Å². The lowest BCUT2D eigenvalue weighted by atomic mass is 10.1. The summed E-state index contributed by atoms with van der Waals surface area (Å²) in [5.41, 5.74) is 2.36. The van der Waals surface area contributed by atoms with E-state index in [2.05, 4.69) is 32.8 Å². The molecule has 0 aliphatic carbocycles. The maximum absolute atomic E-state index is 4.36. The van der Waals surface area contributed by atoms with E-state index < -0.39 is 0 Å². The van der Waals surface area contributed by atoms with Crippen molar-refractivity contribution in [2.24, 2.45) is 0 Å². The van der Waals surface area contributed by atoms with Crippen molar-refractivity contribution in [3.05, 3.63) is 30.6 Å². The Hall–Kier alpha value is -1.35. The van der Waals surface area contributed by atoms with Crippen molar-refractivity contribution in [2.75, 3.05) is 19.6 Å². The van der Waals surface area contributed by atoms with Crippen LogP contribution in [0.25, 0.3) is 11.0 Å². The molecule has 2 aromatic heterocycles. The number of piperidine rings is 1.